The van der Waals surface area contributed by atoms with Crippen molar-refractivity contribution in [2.24, 2.45) is 0 Å². The maximum Gasteiger partial charge on any atom is 0.458 e. The maximum atomic E-state index is 13.3. The quantitative estimate of drug-likeness (QED) is 0.153. The van der Waals surface area contributed by atoms with Gasteiger partial charge in [0.15, 0.2) is 6.01 Å². The van der Waals surface area contributed by atoms with E-state index in [0.29, 0.717) is 0 Å². The molecule has 0 spiro atoms. The first-order valence-electron chi connectivity index (χ1n) is 11.0. The highest BCUT2D eigenvalue weighted by atomic mass is 31.2. The number of benzene rings is 3. The van der Waals surface area contributed by atoms with Crippen LogP contribution in [-0.2, 0) is 9.53 Å². The average molecular weight is 490 g/mol. The average Bonchev–Trinajstić information content (AvgIpc) is 3.28. The molecular formula is C25H23N4O5P. The topological polar surface area (TPSA) is 123 Å². The molecule has 1 atom stereocenters. The monoisotopic (exact) mass is 490 g/mol. The summed E-state index contributed by atoms with van der Waals surface area (Å²) < 4.78 is 6.06. The molecule has 0 saturated carbocycles. The van der Waals surface area contributed by atoms with Crippen LogP contribution in [0, 0.1) is 10.1 Å². The van der Waals surface area contributed by atoms with Gasteiger partial charge in [-0.2, -0.15) is 4.57 Å². The molecule has 1 unspecified atom stereocenters. The molecular weight excluding hydrogens is 467 g/mol. The molecule has 0 N–H and O–H groups in total. The summed E-state index contributed by atoms with van der Waals surface area (Å²) in [6.07, 6.45) is 0.0675. The molecule has 0 bridgehead atoms. The van der Waals surface area contributed by atoms with Crippen LogP contribution in [0.3, 0.4) is 0 Å². The number of hydrogen-bond acceptors (Lipinski definition) is 7. The van der Waals surface area contributed by atoms with Crippen LogP contribution in [0.1, 0.15) is 13.0 Å². The van der Waals surface area contributed by atoms with Gasteiger partial charge < -0.3 is 20.0 Å². The van der Waals surface area contributed by atoms with Crippen molar-refractivity contribution in [3.63, 3.8) is 0 Å². The molecule has 0 radical (unpaired) electrons. The van der Waals surface area contributed by atoms with Gasteiger partial charge >= 0.3 is 11.9 Å². The molecule has 9 nitrogen and oxygen atoms in total. The molecule has 178 valence electrons. The van der Waals surface area contributed by atoms with Gasteiger partial charge in [-0.3, -0.25) is 0 Å². The summed E-state index contributed by atoms with van der Waals surface area (Å²) in [6, 6.07) is 26.8. The molecule has 0 fully saturated rings. The fourth-order valence-electron chi connectivity index (χ4n) is 4.24. The van der Waals surface area contributed by atoms with Crippen LogP contribution >= 0.6 is 7.26 Å². The zero-order chi connectivity index (χ0) is 24.8. The number of esters is 1. The SMILES string of the molecule is CCOC(=O)C(C[P+](c1ccccc1)(c1ccccc1)c1ccccc1)n1c([O-])nnc1[N+](=O)[O-]. The molecule has 3 aromatic carbocycles. The molecule has 4 aromatic rings. The smallest absolute Gasteiger partial charge is 0.458 e. The molecule has 0 aliphatic heterocycles. The van der Waals surface area contributed by atoms with Crippen molar-refractivity contribution in [1.29, 1.82) is 0 Å². The van der Waals surface area contributed by atoms with Crippen LogP contribution < -0.4 is 21.0 Å². The molecule has 0 saturated heterocycles. The first-order valence-corrected chi connectivity index (χ1v) is 12.9. The van der Waals surface area contributed by atoms with Crippen molar-refractivity contribution in [1.82, 2.24) is 14.8 Å². The molecule has 4 rings (SSSR count). The van der Waals surface area contributed by atoms with Gasteiger partial charge in [-0.25, -0.2) is 4.79 Å². The minimum Gasteiger partial charge on any atom is -0.831 e. The maximum absolute atomic E-state index is 13.3. The number of nitrogens with zero attached hydrogens (tertiary/aromatic N) is 4. The van der Waals surface area contributed by atoms with E-state index in [1.54, 1.807) is 6.92 Å². The summed E-state index contributed by atoms with van der Waals surface area (Å²) in [4.78, 5) is 24.2. The highest BCUT2D eigenvalue weighted by Crippen LogP contribution is 2.57. The van der Waals surface area contributed by atoms with Gasteiger partial charge in [-0.1, -0.05) is 59.7 Å². The Kier molecular flexibility index (Phi) is 7.17. The number of nitro groups is 1. The van der Waals surface area contributed by atoms with Gasteiger partial charge in [0, 0.05) is 0 Å². The van der Waals surface area contributed by atoms with Gasteiger partial charge in [0.05, 0.1) is 11.7 Å². The van der Waals surface area contributed by atoms with E-state index < -0.39 is 36.2 Å². The van der Waals surface area contributed by atoms with E-state index in [1.807, 2.05) is 91.0 Å². The van der Waals surface area contributed by atoms with Gasteiger partial charge in [0.25, 0.3) is 0 Å². The second-order valence-corrected chi connectivity index (χ2v) is 11.2. The van der Waals surface area contributed by atoms with Crippen LogP contribution in [0.5, 0.6) is 6.01 Å². The van der Waals surface area contributed by atoms with E-state index >= 15 is 0 Å². The largest absolute Gasteiger partial charge is 0.831 e. The van der Waals surface area contributed by atoms with E-state index in [-0.39, 0.29) is 12.8 Å². The number of aromatic nitrogens is 3. The zero-order valence-corrected chi connectivity index (χ0v) is 19.8. The summed E-state index contributed by atoms with van der Waals surface area (Å²) in [7, 11) is -2.64. The van der Waals surface area contributed by atoms with E-state index in [2.05, 4.69) is 10.2 Å². The lowest BCUT2D eigenvalue weighted by molar-refractivity contribution is -0.398. The van der Waals surface area contributed by atoms with Gasteiger partial charge in [0.1, 0.15) is 29.3 Å². The highest BCUT2D eigenvalue weighted by Gasteiger charge is 2.51. The molecule has 0 aliphatic rings. The Labute approximate surface area is 202 Å². The number of hydrogen-bond donors (Lipinski definition) is 0. The van der Waals surface area contributed by atoms with E-state index in [1.165, 1.54) is 0 Å². The summed E-state index contributed by atoms with van der Waals surface area (Å²) >= 11 is 0. The Hall–Kier alpha value is -4.10. The first-order chi connectivity index (χ1) is 17.0. The van der Waals surface area contributed by atoms with Crippen LogP contribution in [0.25, 0.3) is 0 Å². The summed E-state index contributed by atoms with van der Waals surface area (Å²) in [5, 5.41) is 34.0. The van der Waals surface area contributed by atoms with Crippen LogP contribution in [0.15, 0.2) is 91.0 Å². The Morgan fingerprint density at radius 3 is 1.77 bits per heavy atom. The predicted molar refractivity (Wildman–Crippen MR) is 132 cm³/mol. The van der Waals surface area contributed by atoms with Crippen LogP contribution in [-0.4, -0.2) is 38.4 Å². The van der Waals surface area contributed by atoms with Crippen molar-refractivity contribution < 1.29 is 19.6 Å². The van der Waals surface area contributed by atoms with Gasteiger partial charge in [0.2, 0.25) is 6.04 Å². The molecule has 35 heavy (non-hydrogen) atoms. The summed E-state index contributed by atoms with van der Waals surface area (Å²) in [6.45, 7) is 1.69. The van der Waals surface area contributed by atoms with Gasteiger partial charge in [-0.05, 0) is 48.2 Å². The third kappa shape index (κ3) is 4.63. The first kappa shape index (κ1) is 24.0. The van der Waals surface area contributed by atoms with Crippen molar-refractivity contribution in [3.05, 3.63) is 101 Å². The predicted octanol–water partition coefficient (Wildman–Crippen LogP) is 2.36. The number of ether oxygens (including phenoxy) is 1. The third-order valence-electron chi connectivity index (χ3n) is 5.72. The van der Waals surface area contributed by atoms with Crippen molar-refractivity contribution >= 4 is 35.1 Å². The number of carbonyl (C=O) groups is 1. The molecule has 1 aromatic heterocycles. The normalized spacial score (nSPS) is 12.1. The standard InChI is InChI=1S/C25H23N4O5P/c1-2-34-23(30)22(28-24(29(32)33)26-27-25(28)31)18-35(19-12-6-3-7-13-19,20-14-8-4-9-15-20)21-16-10-5-11-17-21/h3-17,22H,2,18H2,1H3. The Balaban J connectivity index is 2.03. The van der Waals surface area contributed by atoms with Crippen molar-refractivity contribution in [2.45, 2.75) is 13.0 Å². The highest BCUT2D eigenvalue weighted by molar-refractivity contribution is 7.95. The number of rotatable bonds is 9. The third-order valence-corrected chi connectivity index (χ3v) is 10.2. The van der Waals surface area contributed by atoms with Crippen LogP contribution in [0.2, 0.25) is 0 Å². The lowest BCUT2D eigenvalue weighted by atomic mass is 10.3. The van der Waals surface area contributed by atoms with E-state index in [0.717, 1.165) is 20.5 Å². The van der Waals surface area contributed by atoms with E-state index in [9.17, 15) is 20.0 Å². The van der Waals surface area contributed by atoms with Crippen molar-refractivity contribution in [2.75, 3.05) is 12.8 Å². The molecule has 0 aliphatic carbocycles. The zero-order valence-electron chi connectivity index (χ0n) is 18.9. The lowest BCUT2D eigenvalue weighted by Crippen LogP contribution is -2.39. The Morgan fingerprint density at radius 1 is 0.914 bits per heavy atom. The lowest BCUT2D eigenvalue weighted by Gasteiger charge is -2.30. The summed E-state index contributed by atoms with van der Waals surface area (Å²) in [5.41, 5.74) is 0. The molecule has 1 heterocycles. The van der Waals surface area contributed by atoms with Crippen LogP contribution in [0.4, 0.5) is 5.95 Å². The van der Waals surface area contributed by atoms with Crippen molar-refractivity contribution in [3.8, 4) is 6.01 Å². The Bertz CT molecular complexity index is 1200. The fourth-order valence-corrected chi connectivity index (χ4v) is 8.64. The summed E-state index contributed by atoms with van der Waals surface area (Å²) in [5.74, 6) is -1.54. The van der Waals surface area contributed by atoms with Gasteiger partial charge in [-0.15, -0.1) is 0 Å². The minimum absolute atomic E-state index is 0.0485. The molecule has 10 heteroatoms. The fraction of sp³-hybridized carbons (Fsp3) is 0.160. The second kappa shape index (κ2) is 10.4. The minimum atomic E-state index is -2.64. The second-order valence-electron chi connectivity index (χ2n) is 7.68. The molecule has 0 amide bonds. The Morgan fingerprint density at radius 2 is 1.37 bits per heavy atom. The number of carbonyl (C=O) groups excluding carboxylic acids is 1. The van der Waals surface area contributed by atoms with E-state index in [4.69, 9.17) is 4.74 Å².